The molecule has 0 saturated heterocycles. The van der Waals surface area contributed by atoms with Crippen LogP contribution in [0.15, 0.2) is 22.7 Å². The Hall–Kier alpha value is -1.60. The molecule has 1 rings (SSSR count). The summed E-state index contributed by atoms with van der Waals surface area (Å²) in [6.45, 7) is 0. The summed E-state index contributed by atoms with van der Waals surface area (Å²) in [7, 11) is 0. The maximum absolute atomic E-state index is 11.9. The maximum Gasteiger partial charge on any atom is 0.326 e. The summed E-state index contributed by atoms with van der Waals surface area (Å²) in [5, 5.41) is 11.4. The lowest BCUT2D eigenvalue weighted by Crippen LogP contribution is -2.43. The normalized spacial score (nSPS) is 11.7. The first-order chi connectivity index (χ1) is 8.81. The van der Waals surface area contributed by atoms with Gasteiger partial charge < -0.3 is 16.2 Å². The summed E-state index contributed by atoms with van der Waals surface area (Å²) >= 11 is 8.90. The third-order valence-electron chi connectivity index (χ3n) is 2.18. The van der Waals surface area contributed by atoms with Crippen molar-refractivity contribution in [2.24, 2.45) is 5.73 Å². The van der Waals surface area contributed by atoms with E-state index in [1.54, 1.807) is 12.1 Å². The number of nitrogens with two attached hydrogens (primary N) is 1. The Kier molecular flexibility index (Phi) is 5.31. The van der Waals surface area contributed by atoms with Gasteiger partial charge in [0.25, 0.3) is 5.91 Å². The van der Waals surface area contributed by atoms with Crippen LogP contribution in [0.2, 0.25) is 5.02 Å². The number of hydrogen-bond acceptors (Lipinski definition) is 3. The van der Waals surface area contributed by atoms with E-state index in [9.17, 15) is 14.4 Å². The van der Waals surface area contributed by atoms with E-state index < -0.39 is 30.2 Å². The molecule has 0 aromatic heterocycles. The van der Waals surface area contributed by atoms with Crippen LogP contribution in [0.5, 0.6) is 0 Å². The Labute approximate surface area is 122 Å². The highest BCUT2D eigenvalue weighted by atomic mass is 79.9. The minimum Gasteiger partial charge on any atom is -0.480 e. The molecular weight excluding hydrogens is 339 g/mol. The van der Waals surface area contributed by atoms with E-state index in [4.69, 9.17) is 22.4 Å². The van der Waals surface area contributed by atoms with Crippen molar-refractivity contribution in [3.05, 3.63) is 33.3 Å². The Morgan fingerprint density at radius 3 is 2.58 bits per heavy atom. The van der Waals surface area contributed by atoms with Crippen LogP contribution in [0.1, 0.15) is 16.8 Å². The molecule has 0 spiro atoms. The van der Waals surface area contributed by atoms with Gasteiger partial charge in [0.15, 0.2) is 0 Å². The summed E-state index contributed by atoms with van der Waals surface area (Å²) in [5.74, 6) is -2.83. The maximum atomic E-state index is 11.9. The topological polar surface area (TPSA) is 109 Å². The first-order valence-electron chi connectivity index (χ1n) is 5.08. The van der Waals surface area contributed by atoms with Crippen LogP contribution in [0, 0.1) is 0 Å². The monoisotopic (exact) mass is 348 g/mol. The molecule has 0 aliphatic carbocycles. The lowest BCUT2D eigenvalue weighted by atomic mass is 10.1. The van der Waals surface area contributed by atoms with Crippen LogP contribution in [-0.4, -0.2) is 28.9 Å². The van der Waals surface area contributed by atoms with Crippen LogP contribution >= 0.6 is 27.5 Å². The van der Waals surface area contributed by atoms with Crippen molar-refractivity contribution in [1.29, 1.82) is 0 Å². The van der Waals surface area contributed by atoms with Gasteiger partial charge in [0.05, 0.1) is 12.0 Å². The molecule has 2 amide bonds. The van der Waals surface area contributed by atoms with Crippen molar-refractivity contribution in [2.45, 2.75) is 12.5 Å². The van der Waals surface area contributed by atoms with Gasteiger partial charge in [-0.25, -0.2) is 4.79 Å². The third-order valence-corrected chi connectivity index (χ3v) is 3.11. The van der Waals surface area contributed by atoms with E-state index in [1.807, 2.05) is 0 Å². The first kappa shape index (κ1) is 15.5. The molecule has 0 fully saturated rings. The van der Waals surface area contributed by atoms with E-state index in [2.05, 4.69) is 21.2 Å². The van der Waals surface area contributed by atoms with Gasteiger partial charge in [-0.05, 0) is 34.1 Å². The van der Waals surface area contributed by atoms with Crippen LogP contribution < -0.4 is 11.1 Å². The highest BCUT2D eigenvalue weighted by Crippen LogP contribution is 2.21. The smallest absolute Gasteiger partial charge is 0.326 e. The zero-order valence-electron chi connectivity index (χ0n) is 9.52. The van der Waals surface area contributed by atoms with Crippen LogP contribution in [-0.2, 0) is 9.59 Å². The molecule has 1 aromatic carbocycles. The molecule has 0 bridgehead atoms. The molecule has 8 heteroatoms. The summed E-state index contributed by atoms with van der Waals surface area (Å²) in [4.78, 5) is 33.5. The van der Waals surface area contributed by atoms with E-state index in [1.165, 1.54) is 6.07 Å². The number of primary amides is 1. The van der Waals surface area contributed by atoms with E-state index in [0.717, 1.165) is 0 Å². The number of amides is 2. The molecule has 102 valence electrons. The van der Waals surface area contributed by atoms with Gasteiger partial charge in [0.2, 0.25) is 5.91 Å². The van der Waals surface area contributed by atoms with E-state index >= 15 is 0 Å². The largest absolute Gasteiger partial charge is 0.480 e. The second-order valence-electron chi connectivity index (χ2n) is 3.66. The lowest BCUT2D eigenvalue weighted by molar-refractivity contribution is -0.140. The van der Waals surface area contributed by atoms with E-state index in [-0.39, 0.29) is 5.56 Å². The fourth-order valence-corrected chi connectivity index (χ4v) is 1.91. The number of carbonyl (C=O) groups excluding carboxylic acids is 2. The molecule has 6 nitrogen and oxygen atoms in total. The molecule has 0 saturated carbocycles. The Morgan fingerprint density at radius 1 is 1.42 bits per heavy atom. The molecule has 0 radical (unpaired) electrons. The fourth-order valence-electron chi connectivity index (χ4n) is 1.31. The molecule has 0 heterocycles. The number of benzene rings is 1. The standard InChI is InChI=1S/C11H10BrClN2O4/c12-7-2-1-5(13)3-6(7)10(17)15-8(11(18)19)4-9(14)16/h1-3,8H,4H2,(H2,14,16)(H,15,17)(H,18,19)/t8-/m0/s1. The summed E-state index contributed by atoms with van der Waals surface area (Å²) in [6.07, 6.45) is -0.487. The van der Waals surface area contributed by atoms with Gasteiger partial charge in [-0.3, -0.25) is 9.59 Å². The zero-order chi connectivity index (χ0) is 14.6. The van der Waals surface area contributed by atoms with Gasteiger partial charge in [-0.15, -0.1) is 0 Å². The molecule has 1 atom stereocenters. The number of carboxylic acids is 1. The molecule has 19 heavy (non-hydrogen) atoms. The number of halogens is 2. The van der Waals surface area contributed by atoms with Gasteiger partial charge in [-0.1, -0.05) is 11.6 Å². The molecular formula is C11H10BrClN2O4. The minimum atomic E-state index is -1.38. The number of hydrogen-bond donors (Lipinski definition) is 3. The Bertz CT molecular complexity index is 535. The molecule has 0 aliphatic heterocycles. The number of nitrogens with one attached hydrogen (secondary N) is 1. The molecule has 1 aromatic rings. The minimum absolute atomic E-state index is 0.170. The predicted octanol–water partition coefficient (Wildman–Crippen LogP) is 1.16. The Morgan fingerprint density at radius 2 is 2.05 bits per heavy atom. The quantitative estimate of drug-likeness (QED) is 0.741. The predicted molar refractivity (Wildman–Crippen MR) is 71.9 cm³/mol. The van der Waals surface area contributed by atoms with Crippen molar-refractivity contribution in [1.82, 2.24) is 5.32 Å². The van der Waals surface area contributed by atoms with Crippen molar-refractivity contribution in [3.8, 4) is 0 Å². The number of carboxylic acid groups (broad SMARTS) is 1. The van der Waals surface area contributed by atoms with Gasteiger partial charge in [0.1, 0.15) is 6.04 Å². The highest BCUT2D eigenvalue weighted by molar-refractivity contribution is 9.10. The number of rotatable bonds is 5. The summed E-state index contributed by atoms with van der Waals surface area (Å²) < 4.78 is 0.456. The fraction of sp³-hybridized carbons (Fsp3) is 0.182. The van der Waals surface area contributed by atoms with Gasteiger partial charge >= 0.3 is 5.97 Å². The zero-order valence-corrected chi connectivity index (χ0v) is 11.9. The summed E-state index contributed by atoms with van der Waals surface area (Å²) in [5.41, 5.74) is 5.09. The van der Waals surface area contributed by atoms with Crippen LogP contribution in [0.25, 0.3) is 0 Å². The third kappa shape index (κ3) is 4.53. The second-order valence-corrected chi connectivity index (χ2v) is 4.95. The van der Waals surface area contributed by atoms with Crippen LogP contribution in [0.3, 0.4) is 0 Å². The first-order valence-corrected chi connectivity index (χ1v) is 6.25. The second kappa shape index (κ2) is 6.53. The Balaban J connectivity index is 2.90. The average molecular weight is 350 g/mol. The van der Waals surface area contributed by atoms with Crippen molar-refractivity contribution in [2.75, 3.05) is 0 Å². The number of carbonyl (C=O) groups is 3. The lowest BCUT2D eigenvalue weighted by Gasteiger charge is -2.13. The van der Waals surface area contributed by atoms with Crippen molar-refractivity contribution in [3.63, 3.8) is 0 Å². The summed E-state index contributed by atoms with van der Waals surface area (Å²) in [6, 6.07) is 3.13. The van der Waals surface area contributed by atoms with Crippen molar-refractivity contribution >= 4 is 45.3 Å². The molecule has 0 unspecified atom stereocenters. The van der Waals surface area contributed by atoms with Crippen molar-refractivity contribution < 1.29 is 19.5 Å². The van der Waals surface area contributed by atoms with Crippen LogP contribution in [0.4, 0.5) is 0 Å². The van der Waals surface area contributed by atoms with E-state index in [0.29, 0.717) is 9.50 Å². The van der Waals surface area contributed by atoms with Gasteiger partial charge in [-0.2, -0.15) is 0 Å². The highest BCUT2D eigenvalue weighted by Gasteiger charge is 2.23. The molecule has 0 aliphatic rings. The number of aliphatic carboxylic acids is 1. The SMILES string of the molecule is NC(=O)C[C@H](NC(=O)c1cc(Cl)ccc1Br)C(=O)O. The van der Waals surface area contributed by atoms with Gasteiger partial charge in [0, 0.05) is 9.50 Å². The average Bonchev–Trinajstić information content (AvgIpc) is 2.30. The molecule has 4 N–H and O–H groups in total.